The molecule has 2 aromatic rings. The van der Waals surface area contributed by atoms with Crippen LogP contribution in [-0.2, 0) is 21.2 Å². The lowest BCUT2D eigenvalue weighted by Crippen LogP contribution is -2.17. The van der Waals surface area contributed by atoms with E-state index in [0.29, 0.717) is 5.69 Å². The number of hydrogen-bond donors (Lipinski definition) is 1. The van der Waals surface area contributed by atoms with Crippen molar-refractivity contribution in [2.24, 2.45) is 0 Å². The van der Waals surface area contributed by atoms with Gasteiger partial charge in [0.2, 0.25) is 5.91 Å². The van der Waals surface area contributed by atoms with E-state index in [1.165, 1.54) is 12.1 Å². The van der Waals surface area contributed by atoms with Crippen molar-refractivity contribution in [1.29, 1.82) is 0 Å². The second-order valence-electron chi connectivity index (χ2n) is 4.08. The van der Waals surface area contributed by atoms with Crippen molar-refractivity contribution in [3.63, 3.8) is 0 Å². The van der Waals surface area contributed by atoms with Gasteiger partial charge in [0.15, 0.2) is 9.84 Å². The van der Waals surface area contributed by atoms with Gasteiger partial charge in [-0.25, -0.2) is 13.4 Å². The van der Waals surface area contributed by atoms with E-state index in [9.17, 15) is 13.2 Å². The number of anilines is 1. The van der Waals surface area contributed by atoms with E-state index < -0.39 is 9.84 Å². The Labute approximate surface area is 111 Å². The van der Waals surface area contributed by atoms with Crippen molar-refractivity contribution < 1.29 is 13.2 Å². The van der Waals surface area contributed by atoms with Gasteiger partial charge in [0.1, 0.15) is 6.54 Å². The number of nitrogens with zero attached hydrogens (tertiary/aromatic N) is 2. The predicted molar refractivity (Wildman–Crippen MR) is 70.4 cm³/mol. The van der Waals surface area contributed by atoms with Gasteiger partial charge in [-0.05, 0) is 24.3 Å². The first-order valence-electron chi connectivity index (χ1n) is 5.51. The highest BCUT2D eigenvalue weighted by Crippen LogP contribution is 2.13. The molecule has 7 heteroatoms. The average Bonchev–Trinajstić information content (AvgIpc) is 2.81. The van der Waals surface area contributed by atoms with Gasteiger partial charge in [-0.15, -0.1) is 0 Å². The van der Waals surface area contributed by atoms with E-state index in [0.717, 1.165) is 6.26 Å². The van der Waals surface area contributed by atoms with Gasteiger partial charge in [-0.1, -0.05) is 0 Å². The molecule has 1 aromatic heterocycles. The lowest BCUT2D eigenvalue weighted by molar-refractivity contribution is -0.116. The summed E-state index contributed by atoms with van der Waals surface area (Å²) < 4.78 is 24.2. The maximum Gasteiger partial charge on any atom is 0.244 e. The Bertz CT molecular complexity index is 661. The summed E-state index contributed by atoms with van der Waals surface area (Å²) in [5.41, 5.74) is 0.553. The zero-order chi connectivity index (χ0) is 13.9. The van der Waals surface area contributed by atoms with Gasteiger partial charge < -0.3 is 9.88 Å². The second kappa shape index (κ2) is 5.23. The number of hydrogen-bond acceptors (Lipinski definition) is 4. The molecule has 1 amide bonds. The van der Waals surface area contributed by atoms with E-state index in [4.69, 9.17) is 0 Å². The van der Waals surface area contributed by atoms with E-state index in [1.807, 2.05) is 0 Å². The Balaban J connectivity index is 2.02. The Morgan fingerprint density at radius 1 is 1.32 bits per heavy atom. The molecular weight excluding hydrogens is 266 g/mol. The van der Waals surface area contributed by atoms with Crippen molar-refractivity contribution in [3.8, 4) is 0 Å². The van der Waals surface area contributed by atoms with Gasteiger partial charge in [0.05, 0.1) is 11.2 Å². The molecule has 0 spiro atoms. The Kier molecular flexibility index (Phi) is 3.66. The Morgan fingerprint density at radius 3 is 2.53 bits per heavy atom. The zero-order valence-corrected chi connectivity index (χ0v) is 11.1. The third-order valence-electron chi connectivity index (χ3n) is 2.45. The molecule has 0 saturated carbocycles. The lowest BCUT2D eigenvalue weighted by atomic mass is 10.3. The van der Waals surface area contributed by atoms with Crippen LogP contribution < -0.4 is 5.32 Å². The van der Waals surface area contributed by atoms with Crippen molar-refractivity contribution >= 4 is 21.4 Å². The quantitative estimate of drug-likeness (QED) is 0.902. The minimum Gasteiger partial charge on any atom is -0.328 e. The van der Waals surface area contributed by atoms with Crippen LogP contribution in [0.3, 0.4) is 0 Å². The summed E-state index contributed by atoms with van der Waals surface area (Å²) in [5, 5.41) is 2.68. The maximum atomic E-state index is 11.7. The summed E-state index contributed by atoms with van der Waals surface area (Å²) in [6, 6.07) is 6.04. The van der Waals surface area contributed by atoms with E-state index in [-0.39, 0.29) is 17.3 Å². The molecule has 0 aliphatic carbocycles. The number of carbonyl (C=O) groups is 1. The molecule has 0 bridgehead atoms. The number of imidazole rings is 1. The topological polar surface area (TPSA) is 81.1 Å². The summed E-state index contributed by atoms with van der Waals surface area (Å²) in [7, 11) is -3.21. The number of amides is 1. The molecule has 0 atom stereocenters. The Morgan fingerprint density at radius 2 is 2.00 bits per heavy atom. The number of nitrogens with one attached hydrogen (secondary N) is 1. The molecule has 0 saturated heterocycles. The van der Waals surface area contributed by atoms with Crippen LogP contribution in [0.2, 0.25) is 0 Å². The van der Waals surface area contributed by atoms with Crippen LogP contribution in [0.25, 0.3) is 0 Å². The van der Waals surface area contributed by atoms with E-state index >= 15 is 0 Å². The summed E-state index contributed by atoms with van der Waals surface area (Å²) in [4.78, 5) is 15.7. The first-order chi connectivity index (χ1) is 8.95. The van der Waals surface area contributed by atoms with Crippen LogP contribution in [0.1, 0.15) is 0 Å². The number of aromatic nitrogens is 2. The lowest BCUT2D eigenvalue weighted by Gasteiger charge is -2.06. The minimum atomic E-state index is -3.21. The average molecular weight is 279 g/mol. The molecule has 0 radical (unpaired) electrons. The monoisotopic (exact) mass is 279 g/mol. The van der Waals surface area contributed by atoms with E-state index in [2.05, 4.69) is 10.3 Å². The summed E-state index contributed by atoms with van der Waals surface area (Å²) in [6.07, 6.45) is 5.96. The van der Waals surface area contributed by atoms with Crippen LogP contribution in [0.4, 0.5) is 5.69 Å². The molecule has 0 fully saturated rings. The molecule has 1 heterocycles. The smallest absolute Gasteiger partial charge is 0.244 e. The standard InChI is InChI=1S/C12H13N3O3S/c1-19(17,18)11-4-2-10(3-5-11)14-12(16)8-15-7-6-13-9-15/h2-7,9H,8H2,1H3,(H,14,16). The van der Waals surface area contributed by atoms with Gasteiger partial charge in [-0.3, -0.25) is 4.79 Å². The van der Waals surface area contributed by atoms with E-state index in [1.54, 1.807) is 35.4 Å². The van der Waals surface area contributed by atoms with Gasteiger partial charge >= 0.3 is 0 Å². The highest BCUT2D eigenvalue weighted by atomic mass is 32.2. The largest absolute Gasteiger partial charge is 0.328 e. The highest BCUT2D eigenvalue weighted by molar-refractivity contribution is 7.90. The predicted octanol–water partition coefficient (Wildman–Crippen LogP) is 0.925. The second-order valence-corrected chi connectivity index (χ2v) is 6.10. The number of sulfone groups is 1. The van der Waals surface area contributed by atoms with Crippen molar-refractivity contribution in [2.45, 2.75) is 11.4 Å². The maximum absolute atomic E-state index is 11.7. The van der Waals surface area contributed by atoms with Gasteiger partial charge in [-0.2, -0.15) is 0 Å². The fourth-order valence-corrected chi connectivity index (χ4v) is 2.16. The molecule has 0 aliphatic heterocycles. The van der Waals surface area contributed by atoms with Crippen molar-refractivity contribution in [2.75, 3.05) is 11.6 Å². The minimum absolute atomic E-state index is 0.161. The first kappa shape index (κ1) is 13.3. The number of rotatable bonds is 4. The molecule has 0 unspecified atom stereocenters. The SMILES string of the molecule is CS(=O)(=O)c1ccc(NC(=O)Cn2ccnc2)cc1. The molecule has 2 rings (SSSR count). The molecule has 1 N–H and O–H groups in total. The first-order valence-corrected chi connectivity index (χ1v) is 7.40. The molecule has 1 aromatic carbocycles. The molecule has 19 heavy (non-hydrogen) atoms. The molecule has 6 nitrogen and oxygen atoms in total. The fourth-order valence-electron chi connectivity index (χ4n) is 1.53. The third kappa shape index (κ3) is 3.65. The van der Waals surface area contributed by atoms with Crippen molar-refractivity contribution in [1.82, 2.24) is 9.55 Å². The van der Waals surface area contributed by atoms with Crippen LogP contribution in [-0.4, -0.2) is 30.1 Å². The van der Waals surface area contributed by atoms with Crippen LogP contribution >= 0.6 is 0 Å². The third-order valence-corrected chi connectivity index (χ3v) is 3.58. The van der Waals surface area contributed by atoms with Crippen LogP contribution in [0.15, 0.2) is 47.9 Å². The summed E-state index contributed by atoms with van der Waals surface area (Å²) in [6.45, 7) is 0.161. The van der Waals surface area contributed by atoms with Gasteiger partial charge in [0.25, 0.3) is 0 Å². The Hall–Kier alpha value is -2.15. The zero-order valence-electron chi connectivity index (χ0n) is 10.3. The summed E-state index contributed by atoms with van der Waals surface area (Å²) in [5.74, 6) is -0.204. The molecule has 100 valence electrons. The summed E-state index contributed by atoms with van der Waals surface area (Å²) >= 11 is 0. The molecule has 0 aliphatic rings. The van der Waals surface area contributed by atoms with Gasteiger partial charge in [0, 0.05) is 24.3 Å². The number of benzene rings is 1. The van der Waals surface area contributed by atoms with Crippen LogP contribution in [0.5, 0.6) is 0 Å². The van der Waals surface area contributed by atoms with Crippen molar-refractivity contribution in [3.05, 3.63) is 43.0 Å². The van der Waals surface area contributed by atoms with Crippen LogP contribution in [0, 0.1) is 0 Å². The highest BCUT2D eigenvalue weighted by Gasteiger charge is 2.07. The molecular formula is C12H13N3O3S. The number of carbonyl (C=O) groups excluding carboxylic acids is 1. The fraction of sp³-hybridized carbons (Fsp3) is 0.167. The normalized spacial score (nSPS) is 11.2.